The van der Waals surface area contributed by atoms with Crippen molar-refractivity contribution in [2.45, 2.75) is 38.3 Å². The van der Waals surface area contributed by atoms with Gasteiger partial charge in [-0.3, -0.25) is 14.9 Å². The Kier molecular flexibility index (Phi) is 4.74. The smallest absolute Gasteiger partial charge is 0.273 e. The van der Waals surface area contributed by atoms with Gasteiger partial charge in [-0.2, -0.15) is 0 Å². The average Bonchev–Trinajstić information content (AvgIpc) is 3.23. The van der Waals surface area contributed by atoms with Crippen molar-refractivity contribution in [1.29, 1.82) is 0 Å². The highest BCUT2D eigenvalue weighted by molar-refractivity contribution is 5.79. The number of aryl methyl sites for hydroxylation is 1. The van der Waals surface area contributed by atoms with Gasteiger partial charge in [0.25, 0.3) is 5.69 Å². The van der Waals surface area contributed by atoms with E-state index in [0.29, 0.717) is 18.2 Å². The molecule has 7 nitrogen and oxygen atoms in total. The first kappa shape index (κ1) is 15.2. The van der Waals surface area contributed by atoms with Crippen molar-refractivity contribution in [1.82, 2.24) is 5.32 Å². The molecule has 1 atom stereocenters. The maximum atomic E-state index is 11.3. The van der Waals surface area contributed by atoms with Gasteiger partial charge >= 0.3 is 0 Å². The van der Waals surface area contributed by atoms with E-state index in [1.54, 1.807) is 6.07 Å². The minimum Gasteiger partial charge on any atom is -0.493 e. The summed E-state index contributed by atoms with van der Waals surface area (Å²) in [6, 6.07) is 4.42. The number of amides is 1. The van der Waals surface area contributed by atoms with Crippen LogP contribution in [0.25, 0.3) is 0 Å². The summed E-state index contributed by atoms with van der Waals surface area (Å²) >= 11 is 0. The van der Waals surface area contributed by atoms with Gasteiger partial charge in [0.05, 0.1) is 23.6 Å². The Bertz CT molecular complexity index is 543. The van der Waals surface area contributed by atoms with Crippen molar-refractivity contribution in [3.63, 3.8) is 0 Å². The molecule has 1 aliphatic rings. The number of hydrogen-bond acceptors (Lipinski definition) is 5. The third-order valence-corrected chi connectivity index (χ3v) is 3.40. The highest BCUT2D eigenvalue weighted by Crippen LogP contribution is 2.24. The molecule has 0 saturated heterocycles. The van der Waals surface area contributed by atoms with E-state index < -0.39 is 16.9 Å². The predicted molar refractivity (Wildman–Crippen MR) is 77.1 cm³/mol. The summed E-state index contributed by atoms with van der Waals surface area (Å²) in [4.78, 5) is 21.6. The maximum Gasteiger partial charge on any atom is 0.273 e. The first-order chi connectivity index (χ1) is 9.97. The Morgan fingerprint density at radius 2 is 2.29 bits per heavy atom. The SMILES string of the molecule is Cc1ccc([N+](=O)[O-])cc1OCCC(NC1CC1)C(N)=O. The highest BCUT2D eigenvalue weighted by Gasteiger charge is 2.27. The fraction of sp³-hybridized carbons (Fsp3) is 0.500. The number of nitrogens with zero attached hydrogens (tertiary/aromatic N) is 1. The van der Waals surface area contributed by atoms with E-state index in [1.807, 2.05) is 6.92 Å². The number of nitrogens with two attached hydrogens (primary N) is 1. The number of hydrogen-bond donors (Lipinski definition) is 2. The van der Waals surface area contributed by atoms with Crippen molar-refractivity contribution < 1.29 is 14.5 Å². The summed E-state index contributed by atoms with van der Waals surface area (Å²) in [5, 5.41) is 13.9. The van der Waals surface area contributed by atoms with E-state index >= 15 is 0 Å². The molecule has 114 valence electrons. The number of nitro benzene ring substituents is 1. The first-order valence-electron chi connectivity index (χ1n) is 6.90. The van der Waals surface area contributed by atoms with Crippen LogP contribution in [0.1, 0.15) is 24.8 Å². The summed E-state index contributed by atoms with van der Waals surface area (Å²) in [7, 11) is 0. The number of primary amides is 1. The number of carbonyl (C=O) groups is 1. The molecule has 3 N–H and O–H groups in total. The third-order valence-electron chi connectivity index (χ3n) is 3.40. The molecule has 1 fully saturated rings. The standard InChI is InChI=1S/C14H19N3O4/c1-9-2-5-11(17(19)20)8-13(9)21-7-6-12(14(15)18)16-10-3-4-10/h2,5,8,10,12,16H,3-4,6-7H2,1H3,(H2,15,18). The normalized spacial score (nSPS) is 15.5. The summed E-state index contributed by atoms with van der Waals surface area (Å²) in [6.07, 6.45) is 2.57. The van der Waals surface area contributed by atoms with Gasteiger partial charge in [-0.05, 0) is 31.4 Å². The minimum atomic E-state index is -0.465. The van der Waals surface area contributed by atoms with Gasteiger partial charge < -0.3 is 15.8 Å². The summed E-state index contributed by atoms with van der Waals surface area (Å²) in [5.41, 5.74) is 6.14. The molecule has 2 rings (SSSR count). The van der Waals surface area contributed by atoms with Gasteiger partial charge in [-0.25, -0.2) is 0 Å². The molecular formula is C14H19N3O4. The van der Waals surface area contributed by atoms with Crippen LogP contribution in [0.3, 0.4) is 0 Å². The van der Waals surface area contributed by atoms with Crippen LogP contribution in [0.5, 0.6) is 5.75 Å². The van der Waals surface area contributed by atoms with Crippen molar-refractivity contribution in [2.75, 3.05) is 6.61 Å². The molecule has 1 aromatic carbocycles. The Balaban J connectivity index is 1.90. The molecule has 0 aromatic heterocycles. The third kappa shape index (κ3) is 4.42. The van der Waals surface area contributed by atoms with Crippen LogP contribution in [-0.2, 0) is 4.79 Å². The lowest BCUT2D eigenvalue weighted by molar-refractivity contribution is -0.384. The van der Waals surface area contributed by atoms with Crippen LogP contribution in [0.4, 0.5) is 5.69 Å². The molecule has 0 radical (unpaired) electrons. The molecule has 0 heterocycles. The van der Waals surface area contributed by atoms with Crippen LogP contribution in [0.15, 0.2) is 18.2 Å². The largest absolute Gasteiger partial charge is 0.493 e. The zero-order chi connectivity index (χ0) is 15.4. The fourth-order valence-electron chi connectivity index (χ4n) is 1.99. The van der Waals surface area contributed by atoms with Gasteiger partial charge in [0.1, 0.15) is 5.75 Å². The molecule has 1 aliphatic carbocycles. The van der Waals surface area contributed by atoms with Gasteiger partial charge in [0, 0.05) is 18.5 Å². The van der Waals surface area contributed by atoms with Gasteiger partial charge in [-0.15, -0.1) is 0 Å². The first-order valence-corrected chi connectivity index (χ1v) is 6.90. The van der Waals surface area contributed by atoms with E-state index in [4.69, 9.17) is 10.5 Å². The number of carbonyl (C=O) groups excluding carboxylic acids is 1. The monoisotopic (exact) mass is 293 g/mol. The Morgan fingerprint density at radius 1 is 1.57 bits per heavy atom. The summed E-state index contributed by atoms with van der Waals surface area (Å²) in [5.74, 6) is 0.0557. The molecule has 7 heteroatoms. The van der Waals surface area contributed by atoms with E-state index in [1.165, 1.54) is 12.1 Å². The minimum absolute atomic E-state index is 0.0156. The van der Waals surface area contributed by atoms with Crippen LogP contribution in [0.2, 0.25) is 0 Å². The zero-order valence-electron chi connectivity index (χ0n) is 11.9. The molecule has 1 amide bonds. The molecule has 0 aliphatic heterocycles. The lowest BCUT2D eigenvalue weighted by Gasteiger charge is -2.16. The number of benzene rings is 1. The molecule has 1 aromatic rings. The number of nitrogens with one attached hydrogen (secondary N) is 1. The van der Waals surface area contributed by atoms with E-state index in [9.17, 15) is 14.9 Å². The fourth-order valence-corrected chi connectivity index (χ4v) is 1.99. The lowest BCUT2D eigenvalue weighted by Crippen LogP contribution is -2.43. The molecule has 0 bridgehead atoms. The van der Waals surface area contributed by atoms with Gasteiger partial charge in [0.2, 0.25) is 5.91 Å². The topological polar surface area (TPSA) is 107 Å². The highest BCUT2D eigenvalue weighted by atomic mass is 16.6. The van der Waals surface area contributed by atoms with Crippen LogP contribution in [0, 0.1) is 17.0 Å². The van der Waals surface area contributed by atoms with Crippen molar-refractivity contribution in [3.05, 3.63) is 33.9 Å². The van der Waals surface area contributed by atoms with Crippen molar-refractivity contribution in [2.24, 2.45) is 5.73 Å². The molecule has 0 spiro atoms. The number of nitro groups is 1. The van der Waals surface area contributed by atoms with E-state index in [0.717, 1.165) is 18.4 Å². The molecule has 21 heavy (non-hydrogen) atoms. The van der Waals surface area contributed by atoms with Crippen molar-refractivity contribution >= 4 is 11.6 Å². The second-order valence-corrected chi connectivity index (χ2v) is 5.24. The zero-order valence-corrected chi connectivity index (χ0v) is 11.9. The number of ether oxygens (including phenoxy) is 1. The lowest BCUT2D eigenvalue weighted by atomic mass is 10.2. The summed E-state index contributed by atoms with van der Waals surface area (Å²) < 4.78 is 5.56. The van der Waals surface area contributed by atoms with Gasteiger partial charge in [0.15, 0.2) is 0 Å². The number of non-ortho nitro benzene ring substituents is 1. The van der Waals surface area contributed by atoms with Gasteiger partial charge in [-0.1, -0.05) is 0 Å². The maximum absolute atomic E-state index is 11.3. The van der Waals surface area contributed by atoms with E-state index in [-0.39, 0.29) is 12.3 Å². The predicted octanol–water partition coefficient (Wildman–Crippen LogP) is 1.28. The second kappa shape index (κ2) is 6.53. The summed E-state index contributed by atoms with van der Waals surface area (Å²) in [6.45, 7) is 2.09. The van der Waals surface area contributed by atoms with Crippen LogP contribution < -0.4 is 15.8 Å². The quantitative estimate of drug-likeness (QED) is 0.554. The Labute approximate surface area is 122 Å². The van der Waals surface area contributed by atoms with Crippen LogP contribution >= 0.6 is 0 Å². The second-order valence-electron chi connectivity index (χ2n) is 5.24. The molecule has 1 saturated carbocycles. The Hall–Kier alpha value is -2.15. The van der Waals surface area contributed by atoms with E-state index in [2.05, 4.69) is 5.32 Å². The average molecular weight is 293 g/mol. The number of rotatable bonds is 8. The van der Waals surface area contributed by atoms with Crippen LogP contribution in [-0.4, -0.2) is 29.5 Å². The molecule has 1 unspecified atom stereocenters. The molecular weight excluding hydrogens is 274 g/mol. The van der Waals surface area contributed by atoms with Crippen molar-refractivity contribution in [3.8, 4) is 5.75 Å². The Morgan fingerprint density at radius 3 is 2.86 bits per heavy atom.